The van der Waals surface area contributed by atoms with Crippen LogP contribution in [0.2, 0.25) is 0 Å². The zero-order chi connectivity index (χ0) is 20.7. The molecular weight excluding hydrogens is 389 g/mol. The molecule has 8 nitrogen and oxygen atoms in total. The first kappa shape index (κ1) is 22.5. The smallest absolute Gasteiger partial charge is 0.315 e. The minimum absolute atomic E-state index is 0.000959. The predicted molar refractivity (Wildman–Crippen MR) is 102 cm³/mol. The third kappa shape index (κ3) is 6.69. The van der Waals surface area contributed by atoms with Gasteiger partial charge in [0.15, 0.2) is 0 Å². The lowest BCUT2D eigenvalue weighted by molar-refractivity contribution is -0.0886. The molecule has 0 spiro atoms. The van der Waals surface area contributed by atoms with Gasteiger partial charge < -0.3 is 20.5 Å². The first-order chi connectivity index (χ1) is 13.2. The fourth-order valence-corrected chi connectivity index (χ4v) is 4.08. The quantitative estimate of drug-likeness (QED) is 0.506. The average Bonchev–Trinajstić information content (AvgIpc) is 2.62. The van der Waals surface area contributed by atoms with Crippen molar-refractivity contribution in [3.63, 3.8) is 0 Å². The summed E-state index contributed by atoms with van der Waals surface area (Å²) in [6, 6.07) is 3.97. The normalized spacial score (nSPS) is 22.8. The van der Waals surface area contributed by atoms with Gasteiger partial charge in [-0.05, 0) is 57.4 Å². The van der Waals surface area contributed by atoms with Crippen LogP contribution in [0.4, 0.5) is 9.18 Å². The van der Waals surface area contributed by atoms with Gasteiger partial charge in [-0.2, -0.15) is 0 Å². The van der Waals surface area contributed by atoms with Crippen molar-refractivity contribution < 1.29 is 27.4 Å². The number of rotatable bonds is 8. The molecule has 0 radical (unpaired) electrons. The van der Waals surface area contributed by atoms with Crippen molar-refractivity contribution in [1.29, 1.82) is 0 Å². The summed E-state index contributed by atoms with van der Waals surface area (Å²) < 4.78 is 45.6. The molecule has 10 heteroatoms. The van der Waals surface area contributed by atoms with Crippen LogP contribution in [0, 0.1) is 5.82 Å². The summed E-state index contributed by atoms with van der Waals surface area (Å²) in [5.74, 6) is -0.505. The number of urea groups is 1. The first-order valence-electron chi connectivity index (χ1n) is 9.30. The Bertz CT molecular complexity index is 742. The molecule has 1 saturated heterocycles. The summed E-state index contributed by atoms with van der Waals surface area (Å²) in [4.78, 5) is 11.8. The number of aliphatic hydroxyl groups excluding tert-OH is 1. The van der Waals surface area contributed by atoms with E-state index < -0.39 is 21.9 Å². The van der Waals surface area contributed by atoms with Crippen LogP contribution in [0.1, 0.15) is 33.1 Å². The molecular formula is C18H28FN3O5S. The second-order valence-electron chi connectivity index (χ2n) is 7.08. The number of sulfonamides is 1. The number of nitrogens with one attached hydrogen (secondary N) is 3. The monoisotopic (exact) mass is 417 g/mol. The lowest BCUT2D eigenvalue weighted by Gasteiger charge is -2.36. The van der Waals surface area contributed by atoms with E-state index in [9.17, 15) is 22.7 Å². The van der Waals surface area contributed by atoms with Gasteiger partial charge in [-0.3, -0.25) is 0 Å². The Balaban J connectivity index is 1.81. The minimum Gasteiger partial charge on any atom is -0.394 e. The molecule has 0 unspecified atom stereocenters. The molecule has 1 fully saturated rings. The molecule has 0 saturated carbocycles. The Hall–Kier alpha value is -1.75. The summed E-state index contributed by atoms with van der Waals surface area (Å²) in [5, 5.41) is 15.1. The van der Waals surface area contributed by atoms with Crippen LogP contribution in [0.25, 0.3) is 0 Å². The van der Waals surface area contributed by atoms with Crippen LogP contribution in [-0.4, -0.2) is 57.0 Å². The maximum atomic E-state index is 12.9. The summed E-state index contributed by atoms with van der Waals surface area (Å²) in [6.07, 6.45) is 0.875. The van der Waals surface area contributed by atoms with E-state index in [0.29, 0.717) is 19.3 Å². The van der Waals surface area contributed by atoms with Crippen LogP contribution in [0.3, 0.4) is 0 Å². The van der Waals surface area contributed by atoms with Gasteiger partial charge in [-0.1, -0.05) is 0 Å². The zero-order valence-corrected chi connectivity index (χ0v) is 16.8. The van der Waals surface area contributed by atoms with Gasteiger partial charge in [-0.15, -0.1) is 0 Å². The van der Waals surface area contributed by atoms with E-state index in [4.69, 9.17) is 4.74 Å². The molecule has 0 bridgehead atoms. The Morgan fingerprint density at radius 3 is 2.57 bits per heavy atom. The maximum absolute atomic E-state index is 12.9. The molecule has 1 aliphatic heterocycles. The molecule has 3 atom stereocenters. The number of ether oxygens (including phenoxy) is 1. The van der Waals surface area contributed by atoms with Gasteiger partial charge >= 0.3 is 6.03 Å². The topological polar surface area (TPSA) is 117 Å². The number of carbonyl (C=O) groups excluding carboxylic acids is 1. The van der Waals surface area contributed by atoms with E-state index in [1.54, 1.807) is 0 Å². The van der Waals surface area contributed by atoms with Gasteiger partial charge in [0.25, 0.3) is 0 Å². The second kappa shape index (κ2) is 10.1. The Morgan fingerprint density at radius 1 is 1.29 bits per heavy atom. The highest BCUT2D eigenvalue weighted by Crippen LogP contribution is 2.22. The minimum atomic E-state index is -3.72. The molecule has 4 N–H and O–H groups in total. The average molecular weight is 418 g/mol. The molecule has 158 valence electrons. The van der Waals surface area contributed by atoms with E-state index in [1.165, 1.54) is 12.1 Å². The van der Waals surface area contributed by atoms with Gasteiger partial charge in [0.05, 0.1) is 23.6 Å². The number of hydrogen-bond acceptors (Lipinski definition) is 5. The van der Waals surface area contributed by atoms with Crippen molar-refractivity contribution in [2.24, 2.45) is 0 Å². The predicted octanol–water partition coefficient (Wildman–Crippen LogP) is 1.11. The lowest BCUT2D eigenvalue weighted by atomic mass is 9.97. The van der Waals surface area contributed by atoms with Gasteiger partial charge in [0, 0.05) is 12.6 Å². The maximum Gasteiger partial charge on any atom is 0.315 e. The van der Waals surface area contributed by atoms with Crippen molar-refractivity contribution in [3.05, 3.63) is 30.1 Å². The number of hydrogen-bond donors (Lipinski definition) is 4. The third-order valence-electron chi connectivity index (χ3n) is 4.41. The molecule has 1 aromatic rings. The molecule has 2 amide bonds. The van der Waals surface area contributed by atoms with Crippen molar-refractivity contribution in [2.45, 2.75) is 62.3 Å². The highest BCUT2D eigenvalue weighted by Gasteiger charge is 2.32. The zero-order valence-electron chi connectivity index (χ0n) is 16.0. The molecule has 1 aliphatic rings. The molecule has 2 rings (SSSR count). The van der Waals surface area contributed by atoms with E-state index in [1.807, 2.05) is 13.8 Å². The fourth-order valence-electron chi connectivity index (χ4n) is 3.03. The van der Waals surface area contributed by atoms with Crippen LogP contribution in [-0.2, 0) is 14.8 Å². The number of aliphatic hydroxyl groups is 1. The third-order valence-corrected chi connectivity index (χ3v) is 5.89. The first-order valence-corrected chi connectivity index (χ1v) is 10.8. The van der Waals surface area contributed by atoms with E-state index in [2.05, 4.69) is 15.4 Å². The number of halogens is 1. The van der Waals surface area contributed by atoms with Crippen molar-refractivity contribution in [1.82, 2.24) is 15.4 Å². The second-order valence-corrected chi connectivity index (χ2v) is 8.84. The molecule has 1 heterocycles. The van der Waals surface area contributed by atoms with E-state index >= 15 is 0 Å². The van der Waals surface area contributed by atoms with Crippen molar-refractivity contribution >= 4 is 16.1 Å². The molecule has 0 aromatic heterocycles. The number of carbonyl (C=O) groups is 1. The van der Waals surface area contributed by atoms with Gasteiger partial charge in [0.2, 0.25) is 10.0 Å². The van der Waals surface area contributed by atoms with Crippen LogP contribution < -0.4 is 15.4 Å². The summed E-state index contributed by atoms with van der Waals surface area (Å²) in [6.45, 7) is 3.60. The Morgan fingerprint density at radius 2 is 1.96 bits per heavy atom. The lowest BCUT2D eigenvalue weighted by Crippen LogP contribution is -2.54. The highest BCUT2D eigenvalue weighted by atomic mass is 32.2. The molecule has 28 heavy (non-hydrogen) atoms. The summed E-state index contributed by atoms with van der Waals surface area (Å²) >= 11 is 0. The van der Waals surface area contributed by atoms with Crippen molar-refractivity contribution in [3.8, 4) is 0 Å². The van der Waals surface area contributed by atoms with Crippen LogP contribution in [0.15, 0.2) is 29.2 Å². The fraction of sp³-hybridized carbons (Fsp3) is 0.611. The van der Waals surface area contributed by atoms with Crippen LogP contribution in [0.5, 0.6) is 0 Å². The van der Waals surface area contributed by atoms with Gasteiger partial charge in [-0.25, -0.2) is 22.3 Å². The Labute approximate surface area is 164 Å². The van der Waals surface area contributed by atoms with Crippen molar-refractivity contribution in [2.75, 3.05) is 13.2 Å². The molecule has 1 aromatic carbocycles. The largest absolute Gasteiger partial charge is 0.394 e. The standard InChI is InChI=1S/C18H28FN3O5S/c1-12(2)21-18(24)22-16-8-5-14(27-17(16)11-23)9-10-20-28(25,26)15-6-3-13(19)4-7-15/h3-4,6-7,12,14,16-17,20,23H,5,8-11H2,1-2H3,(H2,21,22,24)/t14-,16+,17-/m0/s1. The highest BCUT2D eigenvalue weighted by molar-refractivity contribution is 7.89. The number of benzene rings is 1. The number of amides is 2. The SMILES string of the molecule is CC(C)NC(=O)N[C@@H]1CC[C@@H](CCNS(=O)(=O)c2ccc(F)cc2)O[C@H]1CO. The summed E-state index contributed by atoms with van der Waals surface area (Å²) in [5.41, 5.74) is 0. The van der Waals surface area contributed by atoms with Crippen LogP contribution >= 0.6 is 0 Å². The van der Waals surface area contributed by atoms with Gasteiger partial charge in [0.1, 0.15) is 11.9 Å². The van der Waals surface area contributed by atoms with E-state index in [-0.39, 0.29) is 42.3 Å². The Kier molecular flexibility index (Phi) is 8.17. The molecule has 0 aliphatic carbocycles. The summed E-state index contributed by atoms with van der Waals surface area (Å²) in [7, 11) is -3.72. The van der Waals surface area contributed by atoms with E-state index in [0.717, 1.165) is 12.1 Å².